The Morgan fingerprint density at radius 3 is 3.05 bits per heavy atom. The summed E-state index contributed by atoms with van der Waals surface area (Å²) >= 11 is 0. The van der Waals surface area contributed by atoms with Crippen molar-refractivity contribution in [2.75, 3.05) is 0 Å². The van der Waals surface area contributed by atoms with Crippen LogP contribution in [0.4, 0.5) is 0 Å². The number of imidazole rings is 2. The van der Waals surface area contributed by atoms with E-state index in [0.29, 0.717) is 0 Å². The maximum Gasteiger partial charge on any atom is 0.376 e. The average Bonchev–Trinajstić information content (AvgIpc) is 3.05. The first-order valence-corrected chi connectivity index (χ1v) is 6.23. The maximum absolute atomic E-state index is 4.50. The summed E-state index contributed by atoms with van der Waals surface area (Å²) in [5, 5.41) is 0. The van der Waals surface area contributed by atoms with Gasteiger partial charge in [0.05, 0.1) is 12.7 Å². The molecular weight excluding hydrogens is 238 g/mol. The zero-order valence-corrected chi connectivity index (χ0v) is 10.1. The van der Waals surface area contributed by atoms with Crippen LogP contribution in [0.3, 0.4) is 0 Å². The van der Waals surface area contributed by atoms with Crippen molar-refractivity contribution in [3.05, 3.63) is 54.7 Å². The van der Waals surface area contributed by atoms with E-state index >= 15 is 0 Å². The molecular formula is C14H10N5+. The molecule has 5 heterocycles. The lowest BCUT2D eigenvalue weighted by Crippen LogP contribution is -2.16. The van der Waals surface area contributed by atoms with Crippen molar-refractivity contribution < 1.29 is 4.40 Å². The molecule has 19 heavy (non-hydrogen) atoms. The first-order valence-electron chi connectivity index (χ1n) is 6.23. The Labute approximate surface area is 108 Å². The van der Waals surface area contributed by atoms with Gasteiger partial charge >= 0.3 is 5.78 Å². The topological polar surface area (TPSA) is 39.2 Å². The highest BCUT2D eigenvalue weighted by Crippen LogP contribution is 2.30. The molecule has 0 bridgehead atoms. The fraction of sp³-hybridized carbons (Fsp3) is 0.0714. The molecule has 0 unspecified atom stereocenters. The van der Waals surface area contributed by atoms with Gasteiger partial charge in [-0.1, -0.05) is 6.07 Å². The van der Waals surface area contributed by atoms with Crippen molar-refractivity contribution in [1.29, 1.82) is 0 Å². The van der Waals surface area contributed by atoms with Crippen LogP contribution in [-0.4, -0.2) is 18.9 Å². The minimum absolute atomic E-state index is 0.871. The van der Waals surface area contributed by atoms with Gasteiger partial charge in [-0.05, 0) is 12.1 Å². The van der Waals surface area contributed by atoms with Crippen molar-refractivity contribution in [2.45, 2.75) is 6.54 Å². The predicted molar refractivity (Wildman–Crippen MR) is 68.7 cm³/mol. The normalized spacial score (nSPS) is 13.1. The van der Waals surface area contributed by atoms with Crippen molar-refractivity contribution in [2.24, 2.45) is 0 Å². The second-order valence-electron chi connectivity index (χ2n) is 4.80. The van der Waals surface area contributed by atoms with E-state index in [0.717, 1.165) is 23.7 Å². The molecule has 4 aromatic heterocycles. The van der Waals surface area contributed by atoms with Crippen LogP contribution >= 0.6 is 0 Å². The van der Waals surface area contributed by atoms with Crippen LogP contribution in [0.15, 0.2) is 49.2 Å². The van der Waals surface area contributed by atoms with E-state index in [9.17, 15) is 0 Å². The number of aromatic nitrogens is 5. The summed E-state index contributed by atoms with van der Waals surface area (Å²) in [5.41, 5.74) is 4.49. The van der Waals surface area contributed by atoms with Crippen molar-refractivity contribution >= 4 is 11.4 Å². The number of pyridine rings is 1. The zero-order chi connectivity index (χ0) is 12.4. The Kier molecular flexibility index (Phi) is 1.46. The third-order valence-corrected chi connectivity index (χ3v) is 3.73. The van der Waals surface area contributed by atoms with Gasteiger partial charge < -0.3 is 0 Å². The molecule has 90 valence electrons. The van der Waals surface area contributed by atoms with E-state index < -0.39 is 0 Å². The Bertz CT molecular complexity index is 947. The molecule has 0 atom stereocenters. The summed E-state index contributed by atoms with van der Waals surface area (Å²) in [4.78, 5) is 8.87. The highest BCUT2D eigenvalue weighted by Gasteiger charge is 2.30. The van der Waals surface area contributed by atoms with Gasteiger partial charge in [-0.2, -0.15) is 4.40 Å². The van der Waals surface area contributed by atoms with Gasteiger partial charge in [0.2, 0.25) is 5.65 Å². The fourth-order valence-electron chi connectivity index (χ4n) is 2.94. The summed E-state index contributed by atoms with van der Waals surface area (Å²) < 4.78 is 6.51. The zero-order valence-electron chi connectivity index (χ0n) is 10.1. The second kappa shape index (κ2) is 3.00. The predicted octanol–water partition coefficient (Wildman–Crippen LogP) is 1.30. The third kappa shape index (κ3) is 1.03. The van der Waals surface area contributed by atoms with E-state index in [4.69, 9.17) is 0 Å². The molecule has 1 aliphatic heterocycles. The number of hydrogen-bond acceptors (Lipinski definition) is 2. The lowest BCUT2D eigenvalue weighted by molar-refractivity contribution is -0.508. The van der Waals surface area contributed by atoms with Gasteiger partial charge in [0, 0.05) is 18.0 Å². The monoisotopic (exact) mass is 248 g/mol. The highest BCUT2D eigenvalue weighted by molar-refractivity contribution is 5.65. The standard InChI is InChI=1S/C14H10N5/c1-3-10-7-19-11(13(10)16-4-1)8-17-9-12-15-5-2-6-18(12)14(17)19/h1-6,8-9H,7H2/q+1. The van der Waals surface area contributed by atoms with Crippen LogP contribution in [0, 0.1) is 0 Å². The number of nitrogens with zero attached hydrogens (tertiary/aromatic N) is 5. The Hall–Kier alpha value is -2.69. The van der Waals surface area contributed by atoms with Crippen LogP contribution in [0.25, 0.3) is 22.8 Å². The van der Waals surface area contributed by atoms with Gasteiger partial charge in [0.1, 0.15) is 18.1 Å². The SMILES string of the molecule is c1cnc2c(c1)Cn1c-2c[n+]2cc3ncccn3c12. The van der Waals surface area contributed by atoms with Crippen LogP contribution in [0.5, 0.6) is 0 Å². The van der Waals surface area contributed by atoms with E-state index in [1.54, 1.807) is 0 Å². The second-order valence-corrected chi connectivity index (χ2v) is 4.80. The quantitative estimate of drug-likeness (QED) is 0.387. The number of hydrogen-bond donors (Lipinski definition) is 0. The molecule has 5 heteroatoms. The first-order chi connectivity index (χ1) is 9.42. The largest absolute Gasteiger partial charge is 0.376 e. The van der Waals surface area contributed by atoms with Gasteiger partial charge in [0.15, 0.2) is 5.69 Å². The van der Waals surface area contributed by atoms with Gasteiger partial charge in [-0.25, -0.2) is 14.0 Å². The Morgan fingerprint density at radius 2 is 2.05 bits per heavy atom. The molecule has 0 amide bonds. The van der Waals surface area contributed by atoms with Gasteiger partial charge in [0.25, 0.3) is 0 Å². The summed E-state index contributed by atoms with van der Waals surface area (Å²) in [5.74, 6) is 1.12. The van der Waals surface area contributed by atoms with Gasteiger partial charge in [-0.15, -0.1) is 0 Å². The van der Waals surface area contributed by atoms with Crippen LogP contribution < -0.4 is 4.40 Å². The van der Waals surface area contributed by atoms with Gasteiger partial charge in [-0.3, -0.25) is 4.98 Å². The molecule has 5 nitrogen and oxygen atoms in total. The van der Waals surface area contributed by atoms with Crippen LogP contribution in [0.2, 0.25) is 0 Å². The first kappa shape index (κ1) is 9.27. The lowest BCUT2D eigenvalue weighted by Gasteiger charge is -1.92. The third-order valence-electron chi connectivity index (χ3n) is 3.73. The summed E-state index contributed by atoms with van der Waals surface area (Å²) in [6.07, 6.45) is 9.88. The maximum atomic E-state index is 4.50. The lowest BCUT2D eigenvalue weighted by atomic mass is 10.2. The molecule has 0 saturated carbocycles. The molecule has 0 radical (unpaired) electrons. The van der Waals surface area contributed by atoms with Crippen molar-refractivity contribution in [1.82, 2.24) is 18.9 Å². The van der Waals surface area contributed by atoms with Crippen molar-refractivity contribution in [3.63, 3.8) is 0 Å². The minimum Gasteiger partial charge on any atom is -0.253 e. The molecule has 0 saturated heterocycles. The fourth-order valence-corrected chi connectivity index (χ4v) is 2.94. The van der Waals surface area contributed by atoms with Crippen LogP contribution in [-0.2, 0) is 6.54 Å². The molecule has 4 aromatic rings. The van der Waals surface area contributed by atoms with E-state index in [1.165, 1.54) is 11.3 Å². The van der Waals surface area contributed by atoms with Crippen molar-refractivity contribution in [3.8, 4) is 11.4 Å². The smallest absolute Gasteiger partial charge is 0.253 e. The van der Waals surface area contributed by atoms with E-state index in [-0.39, 0.29) is 0 Å². The summed E-state index contributed by atoms with van der Waals surface area (Å²) in [7, 11) is 0. The average molecular weight is 248 g/mol. The molecule has 0 fully saturated rings. The molecule has 0 N–H and O–H groups in total. The molecule has 1 aliphatic rings. The molecule has 0 spiro atoms. The Morgan fingerprint density at radius 1 is 1.11 bits per heavy atom. The summed E-state index contributed by atoms with van der Waals surface area (Å²) in [6, 6.07) is 6.08. The molecule has 0 aromatic carbocycles. The van der Waals surface area contributed by atoms with E-state index in [1.807, 2.05) is 36.9 Å². The summed E-state index contributed by atoms with van der Waals surface area (Å²) in [6.45, 7) is 0.871. The highest BCUT2D eigenvalue weighted by atomic mass is 15.3. The molecule has 0 aliphatic carbocycles. The molecule has 5 rings (SSSR count). The number of rotatable bonds is 0. The Balaban J connectivity index is 1.94. The minimum atomic E-state index is 0.871. The van der Waals surface area contributed by atoms with Crippen LogP contribution in [0.1, 0.15) is 5.56 Å². The number of fused-ring (bicyclic) bond motifs is 7. The van der Waals surface area contributed by atoms with E-state index in [2.05, 4.69) is 35.6 Å².